The van der Waals surface area contributed by atoms with Crippen LogP contribution in [0.15, 0.2) is 47.3 Å². The number of pyridine rings is 1. The average Bonchev–Trinajstić information content (AvgIpc) is 3.09. The number of rotatable bonds is 3. The van der Waals surface area contributed by atoms with Crippen molar-refractivity contribution in [2.75, 3.05) is 37.7 Å². The van der Waals surface area contributed by atoms with Gasteiger partial charge in [0, 0.05) is 32.4 Å². The van der Waals surface area contributed by atoms with Crippen molar-refractivity contribution in [3.05, 3.63) is 48.7 Å². The Morgan fingerprint density at radius 3 is 3.00 bits per heavy atom. The Morgan fingerprint density at radius 2 is 2.17 bits per heavy atom. The van der Waals surface area contributed by atoms with E-state index in [0.717, 1.165) is 57.9 Å². The summed E-state index contributed by atoms with van der Waals surface area (Å²) in [4.78, 5) is 9.12. The Bertz CT molecular complexity index is 612. The van der Waals surface area contributed by atoms with E-state index in [0.29, 0.717) is 0 Å². The van der Waals surface area contributed by atoms with E-state index in [9.17, 15) is 0 Å². The molecule has 0 saturated carbocycles. The lowest BCUT2D eigenvalue weighted by atomic mass is 9.90. The minimum absolute atomic E-state index is 0.0705. The Balaban J connectivity index is 1.46. The molecule has 2 aromatic heterocycles. The molecule has 23 heavy (non-hydrogen) atoms. The molecule has 2 aromatic rings. The highest BCUT2D eigenvalue weighted by molar-refractivity contribution is 5.44. The molecule has 0 amide bonds. The molecule has 0 aromatic carbocycles. The highest BCUT2D eigenvalue weighted by atomic mass is 16.5. The molecule has 1 unspecified atom stereocenters. The van der Waals surface area contributed by atoms with Gasteiger partial charge in [-0.1, -0.05) is 0 Å². The van der Waals surface area contributed by atoms with Crippen molar-refractivity contribution in [1.82, 2.24) is 9.88 Å². The lowest BCUT2D eigenvalue weighted by Gasteiger charge is -2.48. The Kier molecular flexibility index (Phi) is 4.06. The number of anilines is 1. The van der Waals surface area contributed by atoms with Gasteiger partial charge in [-0.05, 0) is 37.1 Å². The van der Waals surface area contributed by atoms with Crippen molar-refractivity contribution in [2.45, 2.75) is 25.0 Å². The van der Waals surface area contributed by atoms with Crippen LogP contribution in [0.3, 0.4) is 0 Å². The smallest absolute Gasteiger partial charge is 0.117 e. The molecular formula is C18H23N3O2. The van der Waals surface area contributed by atoms with Crippen molar-refractivity contribution in [2.24, 2.45) is 0 Å². The fraction of sp³-hybridized carbons (Fsp3) is 0.500. The Morgan fingerprint density at radius 1 is 1.17 bits per heavy atom. The van der Waals surface area contributed by atoms with Gasteiger partial charge in [0.2, 0.25) is 0 Å². The van der Waals surface area contributed by atoms with Crippen molar-refractivity contribution >= 4 is 5.69 Å². The summed E-state index contributed by atoms with van der Waals surface area (Å²) in [5.41, 5.74) is 1.12. The second-order valence-corrected chi connectivity index (χ2v) is 6.56. The largest absolute Gasteiger partial charge is 0.468 e. The molecule has 2 aliphatic rings. The first-order valence-electron chi connectivity index (χ1n) is 8.37. The first kappa shape index (κ1) is 14.7. The molecule has 0 radical (unpaired) electrons. The number of furan rings is 1. The highest BCUT2D eigenvalue weighted by Crippen LogP contribution is 2.31. The molecule has 122 valence electrons. The maximum Gasteiger partial charge on any atom is 0.117 e. The molecule has 2 fully saturated rings. The van der Waals surface area contributed by atoms with Gasteiger partial charge in [-0.15, -0.1) is 0 Å². The fourth-order valence-electron chi connectivity index (χ4n) is 3.79. The predicted molar refractivity (Wildman–Crippen MR) is 88.4 cm³/mol. The zero-order valence-electron chi connectivity index (χ0n) is 13.4. The zero-order chi connectivity index (χ0) is 15.5. The molecule has 4 rings (SSSR count). The Labute approximate surface area is 136 Å². The SMILES string of the molecule is c1cncc(N2CCCC3(CN(Cc4ccco4)CCO3)C2)c1. The molecule has 0 aliphatic carbocycles. The first-order chi connectivity index (χ1) is 11.3. The minimum Gasteiger partial charge on any atom is -0.468 e. The second-order valence-electron chi connectivity index (χ2n) is 6.56. The predicted octanol–water partition coefficient (Wildman–Crippen LogP) is 2.55. The van der Waals surface area contributed by atoms with Crippen LogP contribution in [0.4, 0.5) is 5.69 Å². The molecular weight excluding hydrogens is 290 g/mol. The molecule has 2 aliphatic heterocycles. The molecule has 2 saturated heterocycles. The molecule has 5 heteroatoms. The molecule has 0 bridgehead atoms. The number of hydrogen-bond donors (Lipinski definition) is 0. The lowest BCUT2D eigenvalue weighted by molar-refractivity contribution is -0.117. The molecule has 5 nitrogen and oxygen atoms in total. The zero-order valence-corrected chi connectivity index (χ0v) is 13.4. The maximum absolute atomic E-state index is 6.27. The van der Waals surface area contributed by atoms with Crippen molar-refractivity contribution < 1.29 is 9.15 Å². The highest BCUT2D eigenvalue weighted by Gasteiger charge is 2.40. The van der Waals surface area contributed by atoms with E-state index in [1.54, 1.807) is 6.26 Å². The first-order valence-corrected chi connectivity index (χ1v) is 8.37. The minimum atomic E-state index is -0.0705. The van der Waals surface area contributed by atoms with E-state index in [1.807, 2.05) is 30.6 Å². The molecule has 1 atom stereocenters. The van der Waals surface area contributed by atoms with Crippen LogP contribution in [0.1, 0.15) is 18.6 Å². The van der Waals surface area contributed by atoms with E-state index in [1.165, 1.54) is 5.69 Å². The maximum atomic E-state index is 6.27. The van der Waals surface area contributed by atoms with Gasteiger partial charge in [0.25, 0.3) is 0 Å². The fourth-order valence-corrected chi connectivity index (χ4v) is 3.79. The summed E-state index contributed by atoms with van der Waals surface area (Å²) < 4.78 is 11.8. The van der Waals surface area contributed by atoms with E-state index >= 15 is 0 Å². The normalized spacial score (nSPS) is 25.8. The van der Waals surface area contributed by atoms with Crippen LogP contribution in [-0.4, -0.2) is 48.3 Å². The van der Waals surface area contributed by atoms with Gasteiger partial charge in [-0.3, -0.25) is 9.88 Å². The van der Waals surface area contributed by atoms with Gasteiger partial charge in [0.1, 0.15) is 5.76 Å². The third kappa shape index (κ3) is 3.26. The molecule has 4 heterocycles. The summed E-state index contributed by atoms with van der Waals surface area (Å²) in [6.07, 6.45) is 7.80. The van der Waals surface area contributed by atoms with E-state index in [2.05, 4.69) is 20.9 Å². The van der Waals surface area contributed by atoms with Gasteiger partial charge in [0.15, 0.2) is 0 Å². The summed E-state index contributed by atoms with van der Waals surface area (Å²) in [6, 6.07) is 8.14. The van der Waals surface area contributed by atoms with Crippen LogP contribution in [0, 0.1) is 0 Å². The van der Waals surface area contributed by atoms with E-state index < -0.39 is 0 Å². The monoisotopic (exact) mass is 313 g/mol. The number of hydrogen-bond acceptors (Lipinski definition) is 5. The summed E-state index contributed by atoms with van der Waals surface area (Å²) in [5, 5.41) is 0. The van der Waals surface area contributed by atoms with Crippen molar-refractivity contribution in [1.29, 1.82) is 0 Å². The molecule has 0 N–H and O–H groups in total. The van der Waals surface area contributed by atoms with Crippen molar-refractivity contribution in [3.63, 3.8) is 0 Å². The van der Waals surface area contributed by atoms with Crippen molar-refractivity contribution in [3.8, 4) is 0 Å². The van der Waals surface area contributed by atoms with Gasteiger partial charge in [0.05, 0.1) is 36.9 Å². The van der Waals surface area contributed by atoms with E-state index in [4.69, 9.17) is 9.15 Å². The van der Waals surface area contributed by atoms with Gasteiger partial charge in [-0.25, -0.2) is 0 Å². The molecule has 1 spiro atoms. The van der Waals surface area contributed by atoms with Crippen LogP contribution in [0.5, 0.6) is 0 Å². The number of morpholine rings is 1. The summed E-state index contributed by atoms with van der Waals surface area (Å²) in [5.74, 6) is 1.03. The van der Waals surface area contributed by atoms with Crippen LogP contribution in [0.25, 0.3) is 0 Å². The lowest BCUT2D eigenvalue weighted by Crippen LogP contribution is -2.59. The Hall–Kier alpha value is -1.85. The second kappa shape index (κ2) is 6.34. The number of piperidine rings is 1. The summed E-state index contributed by atoms with van der Waals surface area (Å²) in [6.45, 7) is 5.61. The van der Waals surface area contributed by atoms with Gasteiger partial charge in [-0.2, -0.15) is 0 Å². The van der Waals surface area contributed by atoms with Gasteiger partial charge >= 0.3 is 0 Å². The number of ether oxygens (including phenoxy) is 1. The average molecular weight is 313 g/mol. The van der Waals surface area contributed by atoms with Crippen LogP contribution < -0.4 is 4.90 Å². The van der Waals surface area contributed by atoms with Crippen LogP contribution >= 0.6 is 0 Å². The number of aromatic nitrogens is 1. The topological polar surface area (TPSA) is 41.7 Å². The standard InChI is InChI=1S/C18H23N3O2/c1-4-16(12-19-7-1)21-8-3-6-18(15-21)14-20(9-11-23-18)13-17-5-2-10-22-17/h1-2,4-5,7,10,12H,3,6,8-9,11,13-15H2. The van der Waals surface area contributed by atoms with Gasteiger partial charge < -0.3 is 14.1 Å². The van der Waals surface area contributed by atoms with Crippen LogP contribution in [-0.2, 0) is 11.3 Å². The summed E-state index contributed by atoms with van der Waals surface area (Å²) >= 11 is 0. The number of nitrogens with zero attached hydrogens (tertiary/aromatic N) is 3. The quantitative estimate of drug-likeness (QED) is 0.871. The third-order valence-electron chi connectivity index (χ3n) is 4.84. The summed E-state index contributed by atoms with van der Waals surface area (Å²) in [7, 11) is 0. The van der Waals surface area contributed by atoms with E-state index in [-0.39, 0.29) is 5.60 Å². The third-order valence-corrected chi connectivity index (χ3v) is 4.84. The van der Waals surface area contributed by atoms with Crippen LogP contribution in [0.2, 0.25) is 0 Å².